The number of rotatable bonds is 6. The molecule has 1 unspecified atom stereocenters. The van der Waals surface area contributed by atoms with Gasteiger partial charge in [0.15, 0.2) is 5.78 Å². The minimum absolute atomic E-state index is 0.145. The molecule has 136 valence electrons. The summed E-state index contributed by atoms with van der Waals surface area (Å²) < 4.78 is 0. The van der Waals surface area contributed by atoms with Crippen LogP contribution in [0.5, 0.6) is 0 Å². The fraction of sp³-hybridized carbons (Fsp3) is 0.130. The lowest BCUT2D eigenvalue weighted by atomic mass is 9.95. The molecule has 3 aromatic carbocycles. The smallest absolute Gasteiger partial charge is 0.231 e. The summed E-state index contributed by atoms with van der Waals surface area (Å²) in [5.41, 5.74) is 2.34. The van der Waals surface area contributed by atoms with Crippen molar-refractivity contribution in [2.75, 3.05) is 5.32 Å². The first-order valence-corrected chi connectivity index (χ1v) is 9.23. The first-order valence-electron chi connectivity index (χ1n) is 8.85. The summed E-state index contributed by atoms with van der Waals surface area (Å²) in [6.07, 6.45) is 0.658. The van der Waals surface area contributed by atoms with Crippen LogP contribution in [0, 0.1) is 0 Å². The maximum Gasteiger partial charge on any atom is 0.231 e. The minimum atomic E-state index is -0.290. The molecule has 0 spiro atoms. The molecule has 0 radical (unpaired) electrons. The van der Waals surface area contributed by atoms with Crippen LogP contribution in [0.15, 0.2) is 78.9 Å². The van der Waals surface area contributed by atoms with Crippen molar-refractivity contribution in [2.24, 2.45) is 0 Å². The van der Waals surface area contributed by atoms with Crippen LogP contribution in [0.25, 0.3) is 0 Å². The van der Waals surface area contributed by atoms with Crippen LogP contribution < -0.4 is 5.32 Å². The van der Waals surface area contributed by atoms with E-state index in [0.717, 1.165) is 5.56 Å². The monoisotopic (exact) mass is 377 g/mol. The molecule has 1 amide bonds. The molecule has 0 heterocycles. The molecule has 0 aliphatic rings. The van der Waals surface area contributed by atoms with Crippen molar-refractivity contribution in [3.8, 4) is 0 Å². The number of carbonyl (C=O) groups excluding carboxylic acids is 2. The SMILES string of the molecule is CCC(C(=O)Nc1ccc(Cl)cc1C(=O)c1ccccc1)c1ccccc1. The van der Waals surface area contributed by atoms with E-state index in [4.69, 9.17) is 11.6 Å². The second kappa shape index (κ2) is 8.65. The Balaban J connectivity index is 1.91. The number of benzene rings is 3. The van der Waals surface area contributed by atoms with Crippen molar-refractivity contribution in [1.82, 2.24) is 0 Å². The lowest BCUT2D eigenvalue weighted by Gasteiger charge is -2.17. The number of amides is 1. The molecule has 3 nitrogen and oxygen atoms in total. The molecule has 0 aromatic heterocycles. The predicted octanol–water partition coefficient (Wildman–Crippen LogP) is 5.70. The molecule has 3 rings (SSSR count). The Bertz CT molecular complexity index is 939. The highest BCUT2D eigenvalue weighted by Crippen LogP contribution is 2.26. The quantitative estimate of drug-likeness (QED) is 0.560. The van der Waals surface area contributed by atoms with E-state index >= 15 is 0 Å². The van der Waals surface area contributed by atoms with Crippen molar-refractivity contribution in [3.63, 3.8) is 0 Å². The van der Waals surface area contributed by atoms with E-state index in [1.165, 1.54) is 0 Å². The number of ketones is 1. The van der Waals surface area contributed by atoms with Crippen molar-refractivity contribution < 1.29 is 9.59 Å². The Hall–Kier alpha value is -2.91. The van der Waals surface area contributed by atoms with Gasteiger partial charge in [-0.2, -0.15) is 0 Å². The van der Waals surface area contributed by atoms with Crippen LogP contribution in [0.1, 0.15) is 40.7 Å². The molecule has 0 aliphatic carbocycles. The van der Waals surface area contributed by atoms with E-state index in [0.29, 0.717) is 28.3 Å². The molecule has 3 aromatic rings. The Morgan fingerprint density at radius 1 is 0.926 bits per heavy atom. The number of carbonyl (C=O) groups is 2. The van der Waals surface area contributed by atoms with Gasteiger partial charge in [-0.15, -0.1) is 0 Å². The topological polar surface area (TPSA) is 46.2 Å². The number of hydrogen-bond acceptors (Lipinski definition) is 2. The minimum Gasteiger partial charge on any atom is -0.325 e. The highest BCUT2D eigenvalue weighted by molar-refractivity contribution is 6.31. The van der Waals surface area contributed by atoms with Crippen LogP contribution in [0.3, 0.4) is 0 Å². The fourth-order valence-corrected chi connectivity index (χ4v) is 3.21. The second-order valence-corrected chi connectivity index (χ2v) is 6.68. The van der Waals surface area contributed by atoms with Crippen LogP contribution in [0.4, 0.5) is 5.69 Å². The summed E-state index contributed by atoms with van der Waals surface area (Å²) in [5, 5.41) is 3.37. The van der Waals surface area contributed by atoms with E-state index in [2.05, 4.69) is 5.32 Å². The average Bonchev–Trinajstić information content (AvgIpc) is 2.71. The number of anilines is 1. The van der Waals surface area contributed by atoms with Crippen LogP contribution in [0.2, 0.25) is 5.02 Å². The van der Waals surface area contributed by atoms with Gasteiger partial charge in [0.05, 0.1) is 11.6 Å². The van der Waals surface area contributed by atoms with Crippen LogP contribution >= 0.6 is 11.6 Å². The van der Waals surface area contributed by atoms with Gasteiger partial charge in [0.25, 0.3) is 0 Å². The second-order valence-electron chi connectivity index (χ2n) is 6.25. The lowest BCUT2D eigenvalue weighted by Crippen LogP contribution is -2.22. The summed E-state index contributed by atoms with van der Waals surface area (Å²) >= 11 is 6.11. The van der Waals surface area contributed by atoms with Crippen molar-refractivity contribution in [3.05, 3.63) is 101 Å². The van der Waals surface area contributed by atoms with Gasteiger partial charge in [0.2, 0.25) is 5.91 Å². The fourth-order valence-electron chi connectivity index (χ4n) is 3.04. The van der Waals surface area contributed by atoms with E-state index in [1.807, 2.05) is 43.3 Å². The normalized spacial score (nSPS) is 11.6. The zero-order valence-corrected chi connectivity index (χ0v) is 15.7. The molecular formula is C23H20ClNO2. The maximum atomic E-state index is 12.9. The molecule has 0 saturated heterocycles. The van der Waals surface area contributed by atoms with E-state index in [1.54, 1.807) is 42.5 Å². The maximum absolute atomic E-state index is 12.9. The van der Waals surface area contributed by atoms with Crippen LogP contribution in [-0.2, 0) is 4.79 Å². The third kappa shape index (κ3) is 4.44. The molecule has 1 atom stereocenters. The van der Waals surface area contributed by atoms with Gasteiger partial charge in [-0.1, -0.05) is 79.2 Å². The molecule has 0 fully saturated rings. The summed E-state index contributed by atoms with van der Waals surface area (Å²) in [6, 6.07) is 23.5. The molecule has 4 heteroatoms. The highest BCUT2D eigenvalue weighted by Gasteiger charge is 2.21. The van der Waals surface area contributed by atoms with Gasteiger partial charge in [0.1, 0.15) is 0 Å². The summed E-state index contributed by atoms with van der Waals surface area (Å²) in [4.78, 5) is 25.8. The molecule has 0 saturated carbocycles. The third-order valence-electron chi connectivity index (χ3n) is 4.45. The standard InChI is InChI=1S/C23H20ClNO2/c1-2-19(16-9-5-3-6-10-16)23(27)25-21-14-13-18(24)15-20(21)22(26)17-11-7-4-8-12-17/h3-15,19H,2H2,1H3,(H,25,27). The summed E-state index contributed by atoms with van der Waals surface area (Å²) in [7, 11) is 0. The largest absolute Gasteiger partial charge is 0.325 e. The van der Waals surface area contributed by atoms with Gasteiger partial charge in [-0.25, -0.2) is 0 Å². The summed E-state index contributed by atoms with van der Waals surface area (Å²) in [6.45, 7) is 1.97. The Morgan fingerprint density at radius 2 is 1.56 bits per heavy atom. The third-order valence-corrected chi connectivity index (χ3v) is 4.68. The van der Waals surface area contributed by atoms with E-state index in [-0.39, 0.29) is 17.6 Å². The first kappa shape index (κ1) is 18.9. The lowest BCUT2D eigenvalue weighted by molar-refractivity contribution is -0.117. The van der Waals surface area contributed by atoms with Gasteiger partial charge in [-0.05, 0) is 30.2 Å². The van der Waals surface area contributed by atoms with Crippen LogP contribution in [-0.4, -0.2) is 11.7 Å². The first-order chi connectivity index (χ1) is 13.1. The zero-order valence-electron chi connectivity index (χ0n) is 15.0. The molecule has 0 aliphatic heterocycles. The Morgan fingerprint density at radius 3 is 2.19 bits per heavy atom. The predicted molar refractivity (Wildman–Crippen MR) is 109 cm³/mol. The van der Waals surface area contributed by atoms with E-state index < -0.39 is 0 Å². The van der Waals surface area contributed by atoms with Gasteiger partial charge < -0.3 is 5.32 Å². The zero-order chi connectivity index (χ0) is 19.2. The number of halogens is 1. The number of nitrogens with one attached hydrogen (secondary N) is 1. The Kier molecular flexibility index (Phi) is 6.05. The highest BCUT2D eigenvalue weighted by atomic mass is 35.5. The Labute approximate surface area is 164 Å². The average molecular weight is 378 g/mol. The van der Waals surface area contributed by atoms with Gasteiger partial charge in [-0.3, -0.25) is 9.59 Å². The van der Waals surface area contributed by atoms with Crippen molar-refractivity contribution >= 4 is 29.0 Å². The van der Waals surface area contributed by atoms with Gasteiger partial charge >= 0.3 is 0 Å². The molecule has 0 bridgehead atoms. The number of hydrogen-bond donors (Lipinski definition) is 1. The summed E-state index contributed by atoms with van der Waals surface area (Å²) in [5.74, 6) is -0.615. The molecule has 27 heavy (non-hydrogen) atoms. The van der Waals surface area contributed by atoms with E-state index in [9.17, 15) is 9.59 Å². The van der Waals surface area contributed by atoms with Crippen molar-refractivity contribution in [2.45, 2.75) is 19.3 Å². The van der Waals surface area contributed by atoms with Crippen molar-refractivity contribution in [1.29, 1.82) is 0 Å². The molecule has 1 N–H and O–H groups in total. The van der Waals surface area contributed by atoms with Gasteiger partial charge in [0, 0.05) is 16.1 Å². The molecular weight excluding hydrogens is 358 g/mol.